The van der Waals surface area contributed by atoms with E-state index in [0.717, 1.165) is 12.1 Å². The molecule has 0 bridgehead atoms. The molecular formula is C14H10F3N3O2S. The van der Waals surface area contributed by atoms with Gasteiger partial charge in [0, 0.05) is 24.4 Å². The quantitative estimate of drug-likeness (QED) is 0.687. The average Bonchev–Trinajstić information content (AvgIpc) is 2.92. The summed E-state index contributed by atoms with van der Waals surface area (Å²) < 4.78 is 40.9. The van der Waals surface area contributed by atoms with E-state index in [0.29, 0.717) is 10.9 Å². The van der Waals surface area contributed by atoms with Crippen LogP contribution in [0.1, 0.15) is 12.5 Å². The van der Waals surface area contributed by atoms with Crippen LogP contribution in [0.15, 0.2) is 34.3 Å². The van der Waals surface area contributed by atoms with E-state index >= 15 is 0 Å². The molecular weight excluding hydrogens is 331 g/mol. The Hall–Kier alpha value is -2.29. The van der Waals surface area contributed by atoms with Gasteiger partial charge in [-0.1, -0.05) is 11.8 Å². The third-order valence-electron chi connectivity index (χ3n) is 3.35. The van der Waals surface area contributed by atoms with Gasteiger partial charge in [0.15, 0.2) is 22.6 Å². The Morgan fingerprint density at radius 3 is 2.87 bits per heavy atom. The van der Waals surface area contributed by atoms with Crippen molar-refractivity contribution in [2.45, 2.75) is 17.6 Å². The molecule has 0 radical (unpaired) electrons. The number of amides is 1. The van der Waals surface area contributed by atoms with E-state index in [-0.39, 0.29) is 12.0 Å². The molecule has 120 valence electrons. The maximum Gasteiger partial charge on any atom is 0.254 e. The standard InChI is InChI=1S/C14H10F3N3O2S/c15-8-1-2-9(13(17)12(8)16)19-10(21)5-7-6-23-14-18-4-3-11(22)20(7)14/h1-4,7H,5-6H2,(H,19,21)/t7-/m1/s1. The topological polar surface area (TPSA) is 64.0 Å². The van der Waals surface area contributed by atoms with E-state index in [4.69, 9.17) is 0 Å². The van der Waals surface area contributed by atoms with Crippen molar-refractivity contribution in [1.82, 2.24) is 9.55 Å². The van der Waals surface area contributed by atoms with Crippen molar-refractivity contribution in [1.29, 1.82) is 0 Å². The summed E-state index contributed by atoms with van der Waals surface area (Å²) >= 11 is 1.33. The maximum atomic E-state index is 13.5. The molecule has 1 aliphatic heterocycles. The van der Waals surface area contributed by atoms with Crippen LogP contribution in [0.5, 0.6) is 0 Å². The lowest BCUT2D eigenvalue weighted by atomic mass is 10.2. The normalized spacial score (nSPS) is 16.2. The van der Waals surface area contributed by atoms with Crippen molar-refractivity contribution < 1.29 is 18.0 Å². The van der Waals surface area contributed by atoms with Gasteiger partial charge < -0.3 is 5.32 Å². The molecule has 1 aliphatic rings. The summed E-state index contributed by atoms with van der Waals surface area (Å²) in [5, 5.41) is 2.70. The van der Waals surface area contributed by atoms with Crippen molar-refractivity contribution in [3.63, 3.8) is 0 Å². The number of halogens is 3. The van der Waals surface area contributed by atoms with Gasteiger partial charge >= 0.3 is 0 Å². The number of nitrogens with zero attached hydrogens (tertiary/aromatic N) is 2. The third kappa shape index (κ3) is 2.96. The molecule has 0 saturated heterocycles. The van der Waals surface area contributed by atoms with Crippen LogP contribution in [0.4, 0.5) is 18.9 Å². The van der Waals surface area contributed by atoms with Crippen LogP contribution in [-0.4, -0.2) is 21.2 Å². The highest BCUT2D eigenvalue weighted by atomic mass is 32.2. The van der Waals surface area contributed by atoms with Gasteiger partial charge in [0.25, 0.3) is 5.56 Å². The van der Waals surface area contributed by atoms with Gasteiger partial charge in [0.05, 0.1) is 11.7 Å². The molecule has 23 heavy (non-hydrogen) atoms. The number of hydrogen-bond acceptors (Lipinski definition) is 4. The predicted octanol–water partition coefficient (Wildman–Crippen LogP) is 2.34. The zero-order valence-corrected chi connectivity index (χ0v) is 12.4. The van der Waals surface area contributed by atoms with Crippen molar-refractivity contribution in [3.05, 3.63) is 52.2 Å². The summed E-state index contributed by atoms with van der Waals surface area (Å²) in [4.78, 5) is 27.9. The second-order valence-corrected chi connectivity index (χ2v) is 5.86. The second-order valence-electron chi connectivity index (χ2n) is 4.88. The first-order valence-electron chi connectivity index (χ1n) is 6.61. The van der Waals surface area contributed by atoms with Crippen molar-refractivity contribution >= 4 is 23.4 Å². The smallest absolute Gasteiger partial charge is 0.254 e. The molecule has 3 rings (SSSR count). The highest BCUT2D eigenvalue weighted by Crippen LogP contribution is 2.31. The highest BCUT2D eigenvalue weighted by Gasteiger charge is 2.27. The lowest BCUT2D eigenvalue weighted by Gasteiger charge is -2.13. The molecule has 1 atom stereocenters. The van der Waals surface area contributed by atoms with Crippen molar-refractivity contribution in [3.8, 4) is 0 Å². The van der Waals surface area contributed by atoms with Gasteiger partial charge in [0.2, 0.25) is 5.91 Å². The fourth-order valence-corrected chi connectivity index (χ4v) is 3.40. The Morgan fingerprint density at radius 2 is 2.09 bits per heavy atom. The Balaban J connectivity index is 1.75. The van der Waals surface area contributed by atoms with Crippen molar-refractivity contribution in [2.24, 2.45) is 0 Å². The first-order valence-corrected chi connectivity index (χ1v) is 7.59. The Bertz CT molecular complexity index is 841. The molecule has 1 aromatic heterocycles. The van der Waals surface area contributed by atoms with Crippen molar-refractivity contribution in [2.75, 3.05) is 11.1 Å². The van der Waals surface area contributed by atoms with Gasteiger partial charge in [-0.3, -0.25) is 14.2 Å². The number of nitrogens with one attached hydrogen (secondary N) is 1. The molecule has 0 spiro atoms. The zero-order chi connectivity index (χ0) is 16.6. The monoisotopic (exact) mass is 341 g/mol. The van der Waals surface area contributed by atoms with E-state index in [9.17, 15) is 22.8 Å². The molecule has 0 saturated carbocycles. The SMILES string of the molecule is O=C(C[C@@H]1CSc2nccc(=O)n21)Nc1ccc(F)c(F)c1F. The van der Waals surface area contributed by atoms with E-state index < -0.39 is 35.1 Å². The minimum Gasteiger partial charge on any atom is -0.323 e. The van der Waals surface area contributed by atoms with E-state index in [1.807, 2.05) is 0 Å². The third-order valence-corrected chi connectivity index (χ3v) is 4.46. The van der Waals surface area contributed by atoms with E-state index in [1.54, 1.807) is 0 Å². The minimum absolute atomic E-state index is 0.107. The summed E-state index contributed by atoms with van der Waals surface area (Å²) in [6.45, 7) is 0. The first kappa shape index (κ1) is 15.6. The Kier molecular flexibility index (Phi) is 4.12. The van der Waals surface area contributed by atoms with Gasteiger partial charge in [-0.2, -0.15) is 0 Å². The average molecular weight is 341 g/mol. The van der Waals surface area contributed by atoms with Crippen LogP contribution in [0.25, 0.3) is 0 Å². The van der Waals surface area contributed by atoms with Crippen LogP contribution in [-0.2, 0) is 4.79 Å². The number of anilines is 1. The maximum absolute atomic E-state index is 13.5. The molecule has 0 unspecified atom stereocenters. The van der Waals surface area contributed by atoms with Gasteiger partial charge in [-0.05, 0) is 12.1 Å². The fourth-order valence-electron chi connectivity index (χ4n) is 2.28. The van der Waals surface area contributed by atoms with Gasteiger partial charge in [-0.25, -0.2) is 18.2 Å². The van der Waals surface area contributed by atoms with Gasteiger partial charge in [-0.15, -0.1) is 0 Å². The first-order chi connectivity index (χ1) is 11.0. The summed E-state index contributed by atoms with van der Waals surface area (Å²) in [6, 6.07) is 2.53. The minimum atomic E-state index is -1.65. The van der Waals surface area contributed by atoms with Crippen LogP contribution < -0.4 is 10.9 Å². The molecule has 0 fully saturated rings. The van der Waals surface area contributed by atoms with Crippen LogP contribution in [0.2, 0.25) is 0 Å². The molecule has 2 aromatic rings. The summed E-state index contributed by atoms with van der Waals surface area (Å²) in [7, 11) is 0. The van der Waals surface area contributed by atoms with Gasteiger partial charge in [0.1, 0.15) is 0 Å². The summed E-state index contributed by atoms with van der Waals surface area (Å²) in [5.41, 5.74) is -0.727. The number of rotatable bonds is 3. The number of thioether (sulfide) groups is 1. The number of benzene rings is 1. The largest absolute Gasteiger partial charge is 0.323 e. The van der Waals surface area contributed by atoms with E-state index in [2.05, 4.69) is 10.3 Å². The second kappa shape index (κ2) is 6.07. The molecule has 9 heteroatoms. The number of aromatic nitrogens is 2. The number of hydrogen-bond donors (Lipinski definition) is 1. The fraction of sp³-hybridized carbons (Fsp3) is 0.214. The number of carbonyl (C=O) groups is 1. The predicted molar refractivity (Wildman–Crippen MR) is 77.8 cm³/mol. The van der Waals surface area contributed by atoms with E-state index in [1.165, 1.54) is 28.6 Å². The molecule has 0 aliphatic carbocycles. The Morgan fingerprint density at radius 1 is 1.30 bits per heavy atom. The summed E-state index contributed by atoms with van der Waals surface area (Å²) in [5.74, 6) is -4.58. The molecule has 1 aromatic carbocycles. The molecule has 2 heterocycles. The Labute approximate surface area is 132 Å². The lowest BCUT2D eigenvalue weighted by Crippen LogP contribution is -2.27. The van der Waals surface area contributed by atoms with Crippen LogP contribution in [0, 0.1) is 17.5 Å². The molecule has 1 N–H and O–H groups in total. The molecule has 5 nitrogen and oxygen atoms in total. The lowest BCUT2D eigenvalue weighted by molar-refractivity contribution is -0.116. The zero-order valence-electron chi connectivity index (χ0n) is 11.6. The van der Waals surface area contributed by atoms with Crippen LogP contribution in [0.3, 0.4) is 0 Å². The molecule has 1 amide bonds. The summed E-state index contributed by atoms with van der Waals surface area (Å²) in [6.07, 6.45) is 1.28. The number of carbonyl (C=O) groups excluding carboxylic acids is 1. The number of fused-ring (bicyclic) bond motifs is 1. The van der Waals surface area contributed by atoms with Crippen LogP contribution >= 0.6 is 11.8 Å². The highest BCUT2D eigenvalue weighted by molar-refractivity contribution is 7.99.